The van der Waals surface area contributed by atoms with Gasteiger partial charge >= 0.3 is 59.1 Å². The van der Waals surface area contributed by atoms with Crippen molar-refractivity contribution in [3.05, 3.63) is 0 Å². The minimum absolute atomic E-state index is 0. The second-order valence-corrected chi connectivity index (χ2v) is 0.112. The van der Waals surface area contributed by atoms with Gasteiger partial charge < -0.3 is 0 Å². The first-order valence-corrected chi connectivity index (χ1v) is 0.447. The van der Waals surface area contributed by atoms with Crippen LogP contribution in [0.2, 0.25) is 0 Å². The summed E-state index contributed by atoms with van der Waals surface area (Å²) in [5.74, 6) is 0. The predicted molar refractivity (Wildman–Crippen MR) is 21.9 cm³/mol. The van der Waals surface area contributed by atoms with E-state index in [0.717, 1.165) is 0 Å². The molecule has 0 saturated heterocycles. The van der Waals surface area contributed by atoms with Crippen LogP contribution in [0.5, 0.6) is 0 Å². The van der Waals surface area contributed by atoms with Gasteiger partial charge in [0.25, 0.3) is 0 Å². The molecule has 0 rings (SSSR count). The summed E-state index contributed by atoms with van der Waals surface area (Å²) < 4.78 is 0. The van der Waals surface area contributed by atoms with Crippen LogP contribution in [0.15, 0.2) is 0 Å². The van der Waals surface area contributed by atoms with Gasteiger partial charge in [-0.05, 0) is 0 Å². The van der Waals surface area contributed by atoms with Crippen molar-refractivity contribution < 1.29 is 0 Å². The van der Waals surface area contributed by atoms with Gasteiger partial charge in [-0.1, -0.05) is 0 Å². The molecule has 0 saturated carbocycles. The summed E-state index contributed by atoms with van der Waals surface area (Å²) in [6.45, 7) is 0. The maximum atomic E-state index is 5.50. The van der Waals surface area contributed by atoms with Crippen molar-refractivity contribution in [3.8, 4) is 0 Å². The van der Waals surface area contributed by atoms with Crippen LogP contribution in [0.1, 0.15) is 0 Å². The third-order valence-electron chi connectivity index (χ3n) is 0. The van der Waals surface area contributed by atoms with E-state index in [-0.39, 0.29) is 59.1 Å². The molecule has 0 fully saturated rings. The molecule has 0 bridgehead atoms. The van der Waals surface area contributed by atoms with Gasteiger partial charge in [0.2, 0.25) is 4.91 Å². The number of hydrogen-bond donors (Lipinski definition) is 2. The van der Waals surface area contributed by atoms with Gasteiger partial charge in [0.15, 0.2) is 0 Å². The van der Waals surface area contributed by atoms with E-state index in [9.17, 15) is 0 Å². The zero-order chi connectivity index (χ0) is 2.71. The fraction of sp³-hybridized carbons (Fsp3) is 0. The van der Waals surface area contributed by atoms with Crippen LogP contribution in [0.25, 0.3) is 0 Å². The Balaban J connectivity index is -0.0000000200. The molecule has 0 aromatic carbocycles. The van der Waals surface area contributed by atoms with Crippen LogP contribution < -0.4 is 4.91 Å². The Morgan fingerprint density at radius 3 is 1.00 bits per heavy atom. The van der Waals surface area contributed by atoms with E-state index in [1.165, 1.54) is 0 Å². The summed E-state index contributed by atoms with van der Waals surface area (Å²) in [7, 11) is 0. The first-order valence-electron chi connectivity index (χ1n) is 0.447. The number of hydrogen-bond acceptors (Lipinski definition) is 2. The Bertz CT molecular complexity index is 25.9. The average molecular weight is 92.0 g/mol. The molecule has 0 radical (unpaired) electrons. The van der Waals surface area contributed by atoms with Crippen molar-refractivity contribution in [1.29, 1.82) is 11.1 Å². The molecule has 5 heteroatoms. The third kappa shape index (κ3) is 33.9. The molecule has 0 aromatic heterocycles. The van der Waals surface area contributed by atoms with Crippen molar-refractivity contribution in [1.82, 2.24) is 4.91 Å². The molecule has 0 spiro atoms. The molecule has 20 valence electrons. The SMILES string of the molecule is N=[N+]=N.[NaH].[NaH]. The maximum absolute atomic E-state index is 5.50. The summed E-state index contributed by atoms with van der Waals surface area (Å²) in [5, 5.41) is 0. The summed E-state index contributed by atoms with van der Waals surface area (Å²) in [4.78, 5) is 2.00. The second kappa shape index (κ2) is 18.5. The van der Waals surface area contributed by atoms with E-state index in [0.29, 0.717) is 0 Å². The first-order chi connectivity index (χ1) is 1.41. The first kappa shape index (κ1) is 16.2. The second-order valence-electron chi connectivity index (χ2n) is 0.112. The molecule has 5 heavy (non-hydrogen) atoms. The van der Waals surface area contributed by atoms with Gasteiger partial charge in [0, 0.05) is 0 Å². The molecule has 0 unspecified atom stereocenters. The molecule has 2 N–H and O–H groups in total. The standard InChI is InChI=1S/H2N3.2Na.2H/c1-3-2;;;;/h1-2H;;;;/q+1;;;;. The van der Waals surface area contributed by atoms with E-state index in [1.54, 1.807) is 0 Å². The van der Waals surface area contributed by atoms with Crippen LogP contribution in [-0.2, 0) is 0 Å². The van der Waals surface area contributed by atoms with Gasteiger partial charge in [0.1, 0.15) is 11.1 Å². The summed E-state index contributed by atoms with van der Waals surface area (Å²) in [6.07, 6.45) is 0. The van der Waals surface area contributed by atoms with E-state index in [2.05, 4.69) is 0 Å². The van der Waals surface area contributed by atoms with Crippen molar-refractivity contribution in [2.75, 3.05) is 0 Å². The molecular weight excluding hydrogens is 88.0 g/mol. The van der Waals surface area contributed by atoms with Gasteiger partial charge in [-0.25, -0.2) is 0 Å². The van der Waals surface area contributed by atoms with Gasteiger partial charge in [-0.15, -0.1) is 0 Å². The van der Waals surface area contributed by atoms with Crippen LogP contribution >= 0.6 is 0 Å². The normalized spacial score (nSPS) is 1.60. The summed E-state index contributed by atoms with van der Waals surface area (Å²) >= 11 is 0. The molecule has 0 aliphatic carbocycles. The Hall–Kier alpha value is 1.31. The van der Waals surface area contributed by atoms with Crippen molar-refractivity contribution in [3.63, 3.8) is 0 Å². The summed E-state index contributed by atoms with van der Waals surface area (Å²) in [6, 6.07) is 0. The van der Waals surface area contributed by atoms with Crippen LogP contribution in [-0.4, -0.2) is 59.1 Å². The van der Waals surface area contributed by atoms with Gasteiger partial charge in [-0.3, -0.25) is 0 Å². The molecule has 0 aliphatic rings. The van der Waals surface area contributed by atoms with Gasteiger partial charge in [-0.2, -0.15) is 0 Å². The fourth-order valence-corrected chi connectivity index (χ4v) is 0. The Morgan fingerprint density at radius 2 is 1.00 bits per heavy atom. The molecule has 3 nitrogen and oxygen atoms in total. The van der Waals surface area contributed by atoms with Crippen molar-refractivity contribution >= 4 is 59.1 Å². The predicted octanol–water partition coefficient (Wildman–Crippen LogP) is -1.18. The zero-order valence-electron chi connectivity index (χ0n) is 1.45. The molecular formula is H4N3Na2+. The Morgan fingerprint density at radius 1 is 1.00 bits per heavy atom. The molecule has 0 aromatic rings. The van der Waals surface area contributed by atoms with E-state index in [1.807, 2.05) is 4.91 Å². The Labute approximate surface area is 74.1 Å². The van der Waals surface area contributed by atoms with Gasteiger partial charge in [0.05, 0.1) is 0 Å². The van der Waals surface area contributed by atoms with E-state index < -0.39 is 0 Å². The number of nitrogens with zero attached hydrogens (tertiary/aromatic N) is 1. The third-order valence-corrected chi connectivity index (χ3v) is 0. The molecule has 0 aliphatic heterocycles. The molecule has 0 atom stereocenters. The number of nitrogens with one attached hydrogen (secondary N) is 2. The monoisotopic (exact) mass is 92.0 g/mol. The van der Waals surface area contributed by atoms with Crippen molar-refractivity contribution in [2.24, 2.45) is 0 Å². The van der Waals surface area contributed by atoms with Crippen molar-refractivity contribution in [2.45, 2.75) is 0 Å². The quantitative estimate of drug-likeness (QED) is 0.214. The van der Waals surface area contributed by atoms with E-state index >= 15 is 0 Å². The molecule has 0 amide bonds. The van der Waals surface area contributed by atoms with E-state index in [4.69, 9.17) is 11.1 Å². The number of rotatable bonds is 0. The van der Waals surface area contributed by atoms with Crippen LogP contribution in [0, 0.1) is 11.1 Å². The molecule has 0 heterocycles. The van der Waals surface area contributed by atoms with Crippen LogP contribution in [0.3, 0.4) is 0 Å². The topological polar surface area (TPSA) is 61.8 Å². The minimum atomic E-state index is 0. The van der Waals surface area contributed by atoms with Crippen LogP contribution in [0.4, 0.5) is 0 Å². The fourth-order valence-electron chi connectivity index (χ4n) is 0. The Kier molecular flexibility index (Phi) is 60.0. The summed E-state index contributed by atoms with van der Waals surface area (Å²) in [5.41, 5.74) is 11.0. The zero-order valence-corrected chi connectivity index (χ0v) is 1.45. The average Bonchev–Trinajstić information content (AvgIpc) is 0.918.